The molecule has 1 aliphatic heterocycles. The maximum absolute atomic E-state index is 4.80. The number of rotatable bonds is 6. The molecule has 0 fully saturated rings. The van der Waals surface area contributed by atoms with Crippen LogP contribution in [-0.2, 0) is 0 Å². The standard InChI is InChI=1S/C18H24N/c1-2-3-4-5-6-9-14-12-13-17-18(14)15-10-7-8-11-16(15)19-17/h7-8,10-11,14H,2-6,9,12-13H2,1H3. The van der Waals surface area contributed by atoms with E-state index in [1.165, 1.54) is 68.3 Å². The number of unbranched alkanes of at least 4 members (excludes halogenated alkanes) is 4. The quantitative estimate of drug-likeness (QED) is 0.602. The van der Waals surface area contributed by atoms with E-state index in [2.05, 4.69) is 31.2 Å². The van der Waals surface area contributed by atoms with Gasteiger partial charge in [0.2, 0.25) is 0 Å². The predicted molar refractivity (Wildman–Crippen MR) is 81.3 cm³/mol. The first-order valence-corrected chi connectivity index (χ1v) is 7.94. The number of allylic oxidation sites excluding steroid dienone is 2. The summed E-state index contributed by atoms with van der Waals surface area (Å²) in [5.74, 6) is 0.782. The predicted octanol–water partition coefficient (Wildman–Crippen LogP) is 5.42. The molecule has 0 N–H and O–H groups in total. The largest absolute Gasteiger partial charge is 0.253 e. The summed E-state index contributed by atoms with van der Waals surface area (Å²) in [5.41, 5.74) is 5.61. The molecule has 0 saturated heterocycles. The number of fused-ring (bicyclic) bond motifs is 2. The third kappa shape index (κ3) is 2.56. The highest BCUT2D eigenvalue weighted by molar-refractivity contribution is 5.84. The second kappa shape index (κ2) is 5.81. The number of nitrogens with zero attached hydrogens (tertiary/aromatic N) is 1. The van der Waals surface area contributed by atoms with Crippen molar-refractivity contribution in [2.24, 2.45) is 5.92 Å². The molecule has 1 atom stereocenters. The zero-order valence-corrected chi connectivity index (χ0v) is 12.0. The second-order valence-corrected chi connectivity index (χ2v) is 5.93. The highest BCUT2D eigenvalue weighted by Gasteiger charge is 2.32. The molecule has 1 aliphatic carbocycles. The van der Waals surface area contributed by atoms with Crippen LogP contribution in [-0.4, -0.2) is 0 Å². The lowest BCUT2D eigenvalue weighted by molar-refractivity contribution is 0.523. The maximum Gasteiger partial charge on any atom is 0.0708 e. The van der Waals surface area contributed by atoms with Gasteiger partial charge in [-0.1, -0.05) is 57.2 Å². The average Bonchev–Trinajstić information content (AvgIpc) is 2.98. The molecule has 0 bridgehead atoms. The lowest BCUT2D eigenvalue weighted by atomic mass is 9.90. The molecule has 1 radical (unpaired) electrons. The van der Waals surface area contributed by atoms with Gasteiger partial charge in [0.15, 0.2) is 0 Å². The van der Waals surface area contributed by atoms with Gasteiger partial charge in [0.1, 0.15) is 0 Å². The molecule has 0 amide bonds. The summed E-state index contributed by atoms with van der Waals surface area (Å²) < 4.78 is 0. The molecule has 1 heteroatoms. The number of para-hydroxylation sites is 1. The summed E-state index contributed by atoms with van der Waals surface area (Å²) in [6, 6.07) is 8.67. The van der Waals surface area contributed by atoms with Gasteiger partial charge >= 0.3 is 0 Å². The third-order valence-corrected chi connectivity index (χ3v) is 4.55. The Bertz CT molecular complexity index is 472. The molecule has 1 unspecified atom stereocenters. The molecule has 0 aromatic heterocycles. The fourth-order valence-electron chi connectivity index (χ4n) is 3.54. The monoisotopic (exact) mass is 254 g/mol. The van der Waals surface area contributed by atoms with Crippen LogP contribution in [0.1, 0.15) is 63.9 Å². The molecule has 101 valence electrons. The van der Waals surface area contributed by atoms with Crippen molar-refractivity contribution in [3.8, 4) is 0 Å². The van der Waals surface area contributed by atoms with Crippen LogP contribution in [0.15, 0.2) is 30.0 Å². The Balaban J connectivity index is 1.60. The molecule has 3 rings (SSSR count). The van der Waals surface area contributed by atoms with Crippen LogP contribution in [0.2, 0.25) is 0 Å². The van der Waals surface area contributed by atoms with Crippen molar-refractivity contribution in [1.82, 2.24) is 5.32 Å². The Kier molecular flexibility index (Phi) is 3.91. The van der Waals surface area contributed by atoms with Crippen LogP contribution in [0.3, 0.4) is 0 Å². The fourth-order valence-corrected chi connectivity index (χ4v) is 3.54. The van der Waals surface area contributed by atoms with Gasteiger partial charge < -0.3 is 0 Å². The zero-order chi connectivity index (χ0) is 13.1. The van der Waals surface area contributed by atoms with Crippen molar-refractivity contribution < 1.29 is 0 Å². The molecule has 1 aromatic rings. The Morgan fingerprint density at radius 2 is 1.95 bits per heavy atom. The van der Waals surface area contributed by atoms with Crippen molar-refractivity contribution in [2.45, 2.75) is 58.3 Å². The van der Waals surface area contributed by atoms with Crippen LogP contribution < -0.4 is 5.32 Å². The van der Waals surface area contributed by atoms with E-state index < -0.39 is 0 Å². The van der Waals surface area contributed by atoms with Gasteiger partial charge in [0.05, 0.1) is 5.69 Å². The summed E-state index contributed by atoms with van der Waals surface area (Å²) in [6.45, 7) is 2.28. The summed E-state index contributed by atoms with van der Waals surface area (Å²) in [5, 5.41) is 4.80. The van der Waals surface area contributed by atoms with E-state index >= 15 is 0 Å². The minimum Gasteiger partial charge on any atom is -0.253 e. The molecule has 2 aliphatic rings. The number of hydrogen-bond donors (Lipinski definition) is 0. The molecular formula is C18H24N. The molecular weight excluding hydrogens is 230 g/mol. The van der Waals surface area contributed by atoms with E-state index in [-0.39, 0.29) is 0 Å². The third-order valence-electron chi connectivity index (χ3n) is 4.55. The lowest BCUT2D eigenvalue weighted by Gasteiger charge is -2.14. The van der Waals surface area contributed by atoms with Gasteiger partial charge in [-0.05, 0) is 36.8 Å². The molecule has 0 spiro atoms. The van der Waals surface area contributed by atoms with Crippen molar-refractivity contribution in [2.75, 3.05) is 0 Å². The van der Waals surface area contributed by atoms with Crippen molar-refractivity contribution in [3.05, 3.63) is 35.5 Å². The summed E-state index contributed by atoms with van der Waals surface area (Å²) in [4.78, 5) is 0. The summed E-state index contributed by atoms with van der Waals surface area (Å²) in [7, 11) is 0. The van der Waals surface area contributed by atoms with Gasteiger partial charge in [-0.2, -0.15) is 0 Å². The van der Waals surface area contributed by atoms with Crippen molar-refractivity contribution in [3.63, 3.8) is 0 Å². The molecule has 1 nitrogen and oxygen atoms in total. The van der Waals surface area contributed by atoms with E-state index in [0.717, 1.165) is 5.92 Å². The Morgan fingerprint density at radius 1 is 1.11 bits per heavy atom. The lowest BCUT2D eigenvalue weighted by Crippen LogP contribution is -1.99. The smallest absolute Gasteiger partial charge is 0.0708 e. The normalized spacial score (nSPS) is 20.4. The van der Waals surface area contributed by atoms with Crippen LogP contribution in [0, 0.1) is 5.92 Å². The number of benzene rings is 1. The fraction of sp³-hybridized carbons (Fsp3) is 0.556. The minimum atomic E-state index is 0.782. The average molecular weight is 254 g/mol. The van der Waals surface area contributed by atoms with E-state index in [1.807, 2.05) is 0 Å². The highest BCUT2D eigenvalue weighted by Crippen LogP contribution is 2.48. The van der Waals surface area contributed by atoms with Crippen molar-refractivity contribution >= 4 is 11.3 Å². The van der Waals surface area contributed by atoms with Gasteiger partial charge in [0, 0.05) is 11.3 Å². The van der Waals surface area contributed by atoms with Gasteiger partial charge in [-0.3, -0.25) is 5.32 Å². The van der Waals surface area contributed by atoms with E-state index in [4.69, 9.17) is 5.32 Å². The van der Waals surface area contributed by atoms with Gasteiger partial charge in [0.25, 0.3) is 0 Å². The number of hydrogen-bond acceptors (Lipinski definition) is 0. The molecule has 1 heterocycles. The minimum absolute atomic E-state index is 0.782. The van der Waals surface area contributed by atoms with E-state index in [1.54, 1.807) is 5.57 Å². The van der Waals surface area contributed by atoms with Crippen LogP contribution in [0.25, 0.3) is 5.57 Å². The topological polar surface area (TPSA) is 14.1 Å². The second-order valence-electron chi connectivity index (χ2n) is 5.93. The first kappa shape index (κ1) is 12.8. The first-order chi connectivity index (χ1) is 9.40. The Hall–Kier alpha value is -1.24. The summed E-state index contributed by atoms with van der Waals surface area (Å²) >= 11 is 0. The van der Waals surface area contributed by atoms with Crippen LogP contribution in [0.4, 0.5) is 5.69 Å². The molecule has 19 heavy (non-hydrogen) atoms. The van der Waals surface area contributed by atoms with Crippen LogP contribution >= 0.6 is 0 Å². The maximum atomic E-state index is 4.80. The molecule has 0 saturated carbocycles. The van der Waals surface area contributed by atoms with Gasteiger partial charge in [-0.15, -0.1) is 0 Å². The Morgan fingerprint density at radius 3 is 2.84 bits per heavy atom. The first-order valence-electron chi connectivity index (χ1n) is 7.94. The van der Waals surface area contributed by atoms with Gasteiger partial charge in [-0.25, -0.2) is 0 Å². The van der Waals surface area contributed by atoms with Crippen molar-refractivity contribution in [1.29, 1.82) is 0 Å². The zero-order valence-electron chi connectivity index (χ0n) is 12.0. The summed E-state index contributed by atoms with van der Waals surface area (Å²) in [6.07, 6.45) is 10.8. The SMILES string of the molecule is CCCCCCCC1CCC2=C1c1ccccc1[N]2. The van der Waals surface area contributed by atoms with Crippen LogP contribution in [0.5, 0.6) is 0 Å². The van der Waals surface area contributed by atoms with E-state index in [0.29, 0.717) is 0 Å². The Labute approximate surface area is 117 Å². The van der Waals surface area contributed by atoms with E-state index in [9.17, 15) is 0 Å². The highest BCUT2D eigenvalue weighted by atomic mass is 14.9. The molecule has 1 aromatic carbocycles.